The minimum atomic E-state index is -2.93. The lowest BCUT2D eigenvalue weighted by molar-refractivity contribution is 0.102. The SMILES string of the molecule is Cc1cc(C(=O)CSCCS(C)(=O)=O)c(C)[nH]1. The number of nitrogens with one attached hydrogen (secondary N) is 1. The van der Waals surface area contributed by atoms with E-state index < -0.39 is 9.84 Å². The van der Waals surface area contributed by atoms with Crippen LogP contribution in [-0.4, -0.2) is 42.7 Å². The number of aromatic amines is 1. The first kappa shape index (κ1) is 14.3. The van der Waals surface area contributed by atoms with Gasteiger partial charge in [-0.25, -0.2) is 8.42 Å². The van der Waals surface area contributed by atoms with Gasteiger partial charge in [0.25, 0.3) is 0 Å². The van der Waals surface area contributed by atoms with Crippen LogP contribution in [0.15, 0.2) is 6.07 Å². The van der Waals surface area contributed by atoms with E-state index in [0.29, 0.717) is 17.1 Å². The van der Waals surface area contributed by atoms with Gasteiger partial charge in [0, 0.05) is 29.0 Å². The maximum absolute atomic E-state index is 11.8. The van der Waals surface area contributed by atoms with Gasteiger partial charge in [-0.05, 0) is 19.9 Å². The van der Waals surface area contributed by atoms with E-state index in [9.17, 15) is 13.2 Å². The van der Waals surface area contributed by atoms with Gasteiger partial charge in [-0.3, -0.25) is 4.79 Å². The van der Waals surface area contributed by atoms with E-state index in [4.69, 9.17) is 0 Å². The van der Waals surface area contributed by atoms with Crippen LogP contribution in [-0.2, 0) is 9.84 Å². The molecule has 0 saturated carbocycles. The van der Waals surface area contributed by atoms with Gasteiger partial charge in [-0.2, -0.15) is 11.8 Å². The molecule has 0 saturated heterocycles. The summed E-state index contributed by atoms with van der Waals surface area (Å²) >= 11 is 1.36. The molecule has 1 heterocycles. The molecule has 1 aromatic rings. The summed E-state index contributed by atoms with van der Waals surface area (Å²) in [6.07, 6.45) is 1.20. The van der Waals surface area contributed by atoms with Gasteiger partial charge in [0.15, 0.2) is 5.78 Å². The largest absolute Gasteiger partial charge is 0.362 e. The van der Waals surface area contributed by atoms with Crippen LogP contribution in [0.3, 0.4) is 0 Å². The van der Waals surface area contributed by atoms with E-state index in [-0.39, 0.29) is 11.5 Å². The second kappa shape index (κ2) is 5.73. The number of rotatable bonds is 6. The summed E-state index contributed by atoms with van der Waals surface area (Å²) in [5, 5.41) is 0. The van der Waals surface area contributed by atoms with Crippen molar-refractivity contribution in [3.63, 3.8) is 0 Å². The first-order valence-electron chi connectivity index (χ1n) is 5.24. The van der Waals surface area contributed by atoms with Gasteiger partial charge >= 0.3 is 0 Å². The van der Waals surface area contributed by atoms with Crippen LogP contribution in [0.1, 0.15) is 21.7 Å². The zero-order chi connectivity index (χ0) is 13.1. The molecule has 0 aliphatic heterocycles. The predicted octanol–water partition coefficient (Wildman–Crippen LogP) is 1.59. The number of hydrogen-bond donors (Lipinski definition) is 1. The molecule has 0 aliphatic rings. The Labute approximate surface area is 106 Å². The third-order valence-corrected chi connectivity index (χ3v) is 4.44. The number of Topliss-reactive ketones (excluding diaryl/α,β-unsaturated/α-hetero) is 1. The summed E-state index contributed by atoms with van der Waals surface area (Å²) in [6, 6.07) is 1.83. The quantitative estimate of drug-likeness (QED) is 0.632. The zero-order valence-electron chi connectivity index (χ0n) is 10.2. The molecule has 1 aromatic heterocycles. The van der Waals surface area contributed by atoms with E-state index in [0.717, 1.165) is 11.4 Å². The Bertz CT molecular complexity index is 503. The summed E-state index contributed by atoms with van der Waals surface area (Å²) in [6.45, 7) is 3.77. The molecule has 0 amide bonds. The minimum absolute atomic E-state index is 0.0466. The van der Waals surface area contributed by atoms with Crippen molar-refractivity contribution in [1.82, 2.24) is 4.98 Å². The smallest absolute Gasteiger partial charge is 0.174 e. The summed E-state index contributed by atoms with van der Waals surface area (Å²) < 4.78 is 21.8. The molecule has 0 bridgehead atoms. The summed E-state index contributed by atoms with van der Waals surface area (Å²) in [4.78, 5) is 14.9. The van der Waals surface area contributed by atoms with Gasteiger partial charge in [0.05, 0.1) is 11.5 Å². The number of aromatic nitrogens is 1. The Balaban J connectivity index is 2.43. The van der Waals surface area contributed by atoms with E-state index in [1.807, 2.05) is 19.9 Å². The van der Waals surface area contributed by atoms with Gasteiger partial charge in [-0.15, -0.1) is 0 Å². The second-order valence-electron chi connectivity index (χ2n) is 4.10. The standard InChI is InChI=1S/C11H17NO3S2/c1-8-6-10(9(2)12-8)11(13)7-16-4-5-17(3,14)15/h6,12H,4-5,7H2,1-3H3. The number of H-pyrrole nitrogens is 1. The molecule has 1 N–H and O–H groups in total. The van der Waals surface area contributed by atoms with Crippen molar-refractivity contribution < 1.29 is 13.2 Å². The number of carbonyl (C=O) groups is 1. The molecular weight excluding hydrogens is 258 g/mol. The highest BCUT2D eigenvalue weighted by molar-refractivity contribution is 8.01. The number of carbonyl (C=O) groups excluding carboxylic acids is 1. The molecule has 6 heteroatoms. The first-order valence-corrected chi connectivity index (χ1v) is 8.46. The summed E-state index contributed by atoms with van der Waals surface area (Å²) in [7, 11) is -2.93. The molecule has 0 aliphatic carbocycles. The van der Waals surface area contributed by atoms with Gasteiger partial charge < -0.3 is 4.98 Å². The van der Waals surface area contributed by atoms with Gasteiger partial charge in [0.1, 0.15) is 9.84 Å². The van der Waals surface area contributed by atoms with Crippen molar-refractivity contribution in [3.05, 3.63) is 23.0 Å². The summed E-state index contributed by atoms with van der Waals surface area (Å²) in [5.41, 5.74) is 2.54. The minimum Gasteiger partial charge on any atom is -0.362 e. The molecule has 0 spiro atoms. The average molecular weight is 275 g/mol. The van der Waals surface area contributed by atoms with Crippen LogP contribution in [0.25, 0.3) is 0 Å². The fourth-order valence-electron chi connectivity index (χ4n) is 1.47. The van der Waals surface area contributed by atoms with Crippen LogP contribution in [0, 0.1) is 13.8 Å². The lowest BCUT2D eigenvalue weighted by Crippen LogP contribution is -2.08. The molecule has 17 heavy (non-hydrogen) atoms. The number of ketones is 1. The summed E-state index contributed by atoms with van der Waals surface area (Å²) in [5.74, 6) is 0.960. The Morgan fingerprint density at radius 2 is 2.06 bits per heavy atom. The molecular formula is C11H17NO3S2. The van der Waals surface area contributed by atoms with Crippen LogP contribution >= 0.6 is 11.8 Å². The van der Waals surface area contributed by atoms with Crippen LogP contribution in [0.2, 0.25) is 0 Å². The fraction of sp³-hybridized carbons (Fsp3) is 0.545. The Morgan fingerprint density at radius 3 is 2.53 bits per heavy atom. The first-order chi connectivity index (χ1) is 7.79. The fourth-order valence-corrected chi connectivity index (χ4v) is 3.63. The Morgan fingerprint density at radius 1 is 1.41 bits per heavy atom. The molecule has 1 rings (SSSR count). The lowest BCUT2D eigenvalue weighted by atomic mass is 10.2. The molecule has 96 valence electrons. The number of sulfone groups is 1. The maximum Gasteiger partial charge on any atom is 0.174 e. The van der Waals surface area contributed by atoms with Crippen LogP contribution in [0.5, 0.6) is 0 Å². The number of hydrogen-bond acceptors (Lipinski definition) is 4. The molecule has 0 fully saturated rings. The highest BCUT2D eigenvalue weighted by atomic mass is 32.2. The monoisotopic (exact) mass is 275 g/mol. The normalized spacial score (nSPS) is 11.7. The molecule has 0 aromatic carbocycles. The van der Waals surface area contributed by atoms with Crippen molar-refractivity contribution in [1.29, 1.82) is 0 Å². The van der Waals surface area contributed by atoms with Crippen molar-refractivity contribution in [2.45, 2.75) is 13.8 Å². The van der Waals surface area contributed by atoms with Crippen molar-refractivity contribution in [3.8, 4) is 0 Å². The maximum atomic E-state index is 11.8. The highest BCUT2D eigenvalue weighted by Crippen LogP contribution is 2.13. The predicted molar refractivity (Wildman–Crippen MR) is 71.6 cm³/mol. The van der Waals surface area contributed by atoms with Crippen molar-refractivity contribution >= 4 is 27.4 Å². The van der Waals surface area contributed by atoms with E-state index in [1.165, 1.54) is 18.0 Å². The molecule has 0 radical (unpaired) electrons. The molecule has 0 atom stereocenters. The Hall–Kier alpha value is -0.750. The Kier molecular flexibility index (Phi) is 4.82. The van der Waals surface area contributed by atoms with E-state index in [2.05, 4.69) is 4.98 Å². The average Bonchev–Trinajstić information content (AvgIpc) is 2.51. The number of aryl methyl sites for hydroxylation is 2. The van der Waals surface area contributed by atoms with E-state index >= 15 is 0 Å². The molecule has 4 nitrogen and oxygen atoms in total. The third-order valence-electron chi connectivity index (χ3n) is 2.28. The second-order valence-corrected chi connectivity index (χ2v) is 7.46. The van der Waals surface area contributed by atoms with Gasteiger partial charge in [0.2, 0.25) is 0 Å². The molecule has 0 unspecified atom stereocenters. The zero-order valence-corrected chi connectivity index (χ0v) is 11.9. The van der Waals surface area contributed by atoms with Crippen molar-refractivity contribution in [2.24, 2.45) is 0 Å². The van der Waals surface area contributed by atoms with Gasteiger partial charge in [-0.1, -0.05) is 0 Å². The van der Waals surface area contributed by atoms with Crippen LogP contribution < -0.4 is 0 Å². The topological polar surface area (TPSA) is 67.0 Å². The number of thioether (sulfide) groups is 1. The third kappa shape index (κ3) is 4.95. The van der Waals surface area contributed by atoms with Crippen molar-refractivity contribution in [2.75, 3.05) is 23.5 Å². The van der Waals surface area contributed by atoms with E-state index in [1.54, 1.807) is 0 Å². The lowest BCUT2D eigenvalue weighted by Gasteiger charge is -2.00. The van der Waals surface area contributed by atoms with Crippen LogP contribution in [0.4, 0.5) is 0 Å². The highest BCUT2D eigenvalue weighted by Gasteiger charge is 2.11.